The Kier molecular flexibility index (Phi) is 6.14. The fourth-order valence-corrected chi connectivity index (χ4v) is 3.57. The van der Waals surface area contributed by atoms with Crippen molar-refractivity contribution < 1.29 is 13.2 Å². The lowest BCUT2D eigenvalue weighted by molar-refractivity contribution is -0.116. The van der Waals surface area contributed by atoms with Crippen molar-refractivity contribution in [2.75, 3.05) is 22.4 Å². The molecule has 2 aromatic rings. The van der Waals surface area contributed by atoms with E-state index in [1.54, 1.807) is 24.5 Å². The number of rotatable bonds is 7. The lowest BCUT2D eigenvalue weighted by Crippen LogP contribution is -2.31. The van der Waals surface area contributed by atoms with Crippen molar-refractivity contribution in [2.24, 2.45) is 0 Å². The number of carbonyl (C=O) groups is 1. The summed E-state index contributed by atoms with van der Waals surface area (Å²) in [7, 11) is -3.42. The monoisotopic (exact) mass is 361 g/mol. The minimum Gasteiger partial charge on any atom is -0.325 e. The minimum absolute atomic E-state index is 0.165. The van der Waals surface area contributed by atoms with Gasteiger partial charge in [0, 0.05) is 19.2 Å². The smallest absolute Gasteiger partial charge is 0.232 e. The Hall–Kier alpha value is -2.41. The highest BCUT2D eigenvalue weighted by Gasteiger charge is 2.18. The van der Waals surface area contributed by atoms with Gasteiger partial charge in [-0.15, -0.1) is 0 Å². The molecule has 0 aliphatic heterocycles. The topological polar surface area (TPSA) is 79.4 Å². The molecule has 25 heavy (non-hydrogen) atoms. The fourth-order valence-electron chi connectivity index (χ4n) is 2.62. The van der Waals surface area contributed by atoms with Crippen LogP contribution in [-0.4, -0.2) is 32.1 Å². The predicted molar refractivity (Wildman–Crippen MR) is 100 cm³/mol. The molecule has 0 aliphatic rings. The van der Waals surface area contributed by atoms with Crippen molar-refractivity contribution in [2.45, 2.75) is 26.7 Å². The van der Waals surface area contributed by atoms with E-state index < -0.39 is 10.0 Å². The molecule has 2 rings (SSSR count). The summed E-state index contributed by atoms with van der Waals surface area (Å²) in [5.74, 6) is -0.165. The summed E-state index contributed by atoms with van der Waals surface area (Å²) in [6.45, 7) is 4.11. The number of anilines is 2. The van der Waals surface area contributed by atoms with E-state index in [1.165, 1.54) is 10.6 Å². The van der Waals surface area contributed by atoms with Crippen molar-refractivity contribution in [3.63, 3.8) is 0 Å². The van der Waals surface area contributed by atoms with Crippen LogP contribution in [0, 0.1) is 13.8 Å². The number of carbonyl (C=O) groups excluding carboxylic acids is 1. The molecule has 0 unspecified atom stereocenters. The van der Waals surface area contributed by atoms with Gasteiger partial charge in [-0.3, -0.25) is 14.1 Å². The number of nitrogens with zero attached hydrogens (tertiary/aromatic N) is 2. The second kappa shape index (κ2) is 8.11. The normalized spacial score (nSPS) is 11.2. The SMILES string of the molecule is Cc1cc(C)cc(N(CCCC(=O)Nc2cccnc2)S(C)(=O)=O)c1. The van der Waals surface area contributed by atoms with Crippen molar-refractivity contribution in [3.8, 4) is 0 Å². The van der Waals surface area contributed by atoms with Gasteiger partial charge in [0.25, 0.3) is 0 Å². The molecule has 1 aromatic carbocycles. The quantitative estimate of drug-likeness (QED) is 0.822. The van der Waals surface area contributed by atoms with E-state index in [0.29, 0.717) is 17.8 Å². The number of aryl methyl sites for hydroxylation is 2. The van der Waals surface area contributed by atoms with Gasteiger partial charge < -0.3 is 5.32 Å². The standard InChI is InChI=1S/C18H23N3O3S/c1-14-10-15(2)12-17(11-14)21(25(3,23)24)9-5-7-18(22)20-16-6-4-8-19-13-16/h4,6,8,10-13H,5,7,9H2,1-3H3,(H,20,22). The van der Waals surface area contributed by atoms with E-state index in [2.05, 4.69) is 10.3 Å². The van der Waals surface area contributed by atoms with E-state index >= 15 is 0 Å². The van der Waals surface area contributed by atoms with Crippen LogP contribution in [0.2, 0.25) is 0 Å². The third kappa shape index (κ3) is 5.86. The van der Waals surface area contributed by atoms with Crippen LogP contribution in [0.4, 0.5) is 11.4 Å². The Morgan fingerprint density at radius 1 is 1.20 bits per heavy atom. The predicted octanol–water partition coefficient (Wildman–Crippen LogP) is 2.88. The molecule has 134 valence electrons. The molecule has 0 spiro atoms. The van der Waals surface area contributed by atoms with E-state index in [9.17, 15) is 13.2 Å². The number of sulfonamides is 1. The Balaban J connectivity index is 2.00. The van der Waals surface area contributed by atoms with E-state index in [0.717, 1.165) is 11.1 Å². The first kappa shape index (κ1) is 18.9. The Morgan fingerprint density at radius 3 is 2.44 bits per heavy atom. The van der Waals surface area contributed by atoms with Gasteiger partial charge in [-0.2, -0.15) is 0 Å². The zero-order chi connectivity index (χ0) is 18.4. The zero-order valence-electron chi connectivity index (χ0n) is 14.7. The minimum atomic E-state index is -3.42. The number of nitrogens with one attached hydrogen (secondary N) is 1. The molecule has 0 atom stereocenters. The highest BCUT2D eigenvalue weighted by atomic mass is 32.2. The number of hydrogen-bond acceptors (Lipinski definition) is 4. The molecule has 0 aliphatic carbocycles. The van der Waals surface area contributed by atoms with Crippen molar-refractivity contribution in [3.05, 3.63) is 53.9 Å². The number of pyridine rings is 1. The second-order valence-electron chi connectivity index (χ2n) is 6.07. The van der Waals surface area contributed by atoms with Gasteiger partial charge in [-0.05, 0) is 55.7 Å². The lowest BCUT2D eigenvalue weighted by Gasteiger charge is -2.23. The van der Waals surface area contributed by atoms with Gasteiger partial charge in [0.2, 0.25) is 15.9 Å². The van der Waals surface area contributed by atoms with Gasteiger partial charge in [-0.1, -0.05) is 6.07 Å². The van der Waals surface area contributed by atoms with Crippen LogP contribution in [0.5, 0.6) is 0 Å². The average Bonchev–Trinajstić information content (AvgIpc) is 2.50. The molecular weight excluding hydrogens is 338 g/mol. The molecule has 7 heteroatoms. The average molecular weight is 361 g/mol. The first-order chi connectivity index (χ1) is 11.8. The molecule has 6 nitrogen and oxygen atoms in total. The van der Waals surface area contributed by atoms with Crippen molar-refractivity contribution in [1.29, 1.82) is 0 Å². The largest absolute Gasteiger partial charge is 0.325 e. The second-order valence-corrected chi connectivity index (χ2v) is 7.98. The highest BCUT2D eigenvalue weighted by Crippen LogP contribution is 2.22. The summed E-state index contributed by atoms with van der Waals surface area (Å²) in [5, 5.41) is 2.74. The van der Waals surface area contributed by atoms with Crippen LogP contribution in [0.15, 0.2) is 42.7 Å². The van der Waals surface area contributed by atoms with E-state index in [4.69, 9.17) is 0 Å². The molecule has 0 fully saturated rings. The Labute approximate surface area is 148 Å². The van der Waals surface area contributed by atoms with E-state index in [1.807, 2.05) is 32.0 Å². The first-order valence-electron chi connectivity index (χ1n) is 8.01. The van der Waals surface area contributed by atoms with Crippen LogP contribution in [0.3, 0.4) is 0 Å². The summed E-state index contributed by atoms with van der Waals surface area (Å²) >= 11 is 0. The summed E-state index contributed by atoms with van der Waals surface area (Å²) in [6, 6.07) is 9.16. The molecule has 1 aromatic heterocycles. The van der Waals surface area contributed by atoms with Crippen LogP contribution in [-0.2, 0) is 14.8 Å². The number of hydrogen-bond donors (Lipinski definition) is 1. The Morgan fingerprint density at radius 2 is 1.88 bits per heavy atom. The third-order valence-electron chi connectivity index (χ3n) is 3.61. The summed E-state index contributed by atoms with van der Waals surface area (Å²) in [5.41, 5.74) is 3.25. The van der Waals surface area contributed by atoms with Gasteiger partial charge in [0.1, 0.15) is 0 Å². The molecule has 1 N–H and O–H groups in total. The summed E-state index contributed by atoms with van der Waals surface area (Å²) in [6.07, 6.45) is 5.03. The Bertz CT molecular complexity index is 816. The fraction of sp³-hybridized carbons (Fsp3) is 0.333. The zero-order valence-corrected chi connectivity index (χ0v) is 15.5. The maximum atomic E-state index is 12.1. The van der Waals surface area contributed by atoms with Gasteiger partial charge in [-0.25, -0.2) is 8.42 Å². The number of aromatic nitrogens is 1. The van der Waals surface area contributed by atoms with Crippen LogP contribution in [0.1, 0.15) is 24.0 Å². The molecule has 1 amide bonds. The van der Waals surface area contributed by atoms with Crippen LogP contribution in [0.25, 0.3) is 0 Å². The highest BCUT2D eigenvalue weighted by molar-refractivity contribution is 7.92. The van der Waals surface area contributed by atoms with Gasteiger partial charge in [0.15, 0.2) is 0 Å². The van der Waals surface area contributed by atoms with E-state index in [-0.39, 0.29) is 18.9 Å². The van der Waals surface area contributed by atoms with Gasteiger partial charge in [0.05, 0.1) is 23.8 Å². The number of amides is 1. The molecular formula is C18H23N3O3S. The van der Waals surface area contributed by atoms with Gasteiger partial charge >= 0.3 is 0 Å². The first-order valence-corrected chi connectivity index (χ1v) is 9.86. The maximum absolute atomic E-state index is 12.1. The summed E-state index contributed by atoms with van der Waals surface area (Å²) < 4.78 is 25.6. The third-order valence-corrected chi connectivity index (χ3v) is 4.80. The van der Waals surface area contributed by atoms with Crippen molar-refractivity contribution >= 4 is 27.3 Å². The number of benzene rings is 1. The van der Waals surface area contributed by atoms with Crippen LogP contribution < -0.4 is 9.62 Å². The van der Waals surface area contributed by atoms with Crippen LogP contribution >= 0.6 is 0 Å². The molecule has 0 bridgehead atoms. The molecule has 1 heterocycles. The summed E-state index contributed by atoms with van der Waals surface area (Å²) in [4.78, 5) is 15.9. The molecule has 0 radical (unpaired) electrons. The molecule has 0 saturated heterocycles. The maximum Gasteiger partial charge on any atom is 0.232 e. The van der Waals surface area contributed by atoms with Crippen molar-refractivity contribution in [1.82, 2.24) is 4.98 Å². The molecule has 0 saturated carbocycles. The lowest BCUT2D eigenvalue weighted by atomic mass is 10.1.